The molecule has 0 saturated carbocycles. The molecule has 0 aliphatic rings. The molecule has 0 amide bonds. The van der Waals surface area contributed by atoms with Crippen molar-refractivity contribution in [1.29, 1.82) is 0 Å². The Kier molecular flexibility index (Phi) is 14.8. The summed E-state index contributed by atoms with van der Waals surface area (Å²) >= 11 is 0. The van der Waals surface area contributed by atoms with Crippen LogP contribution < -0.4 is 0 Å². The Morgan fingerprint density at radius 3 is 2.18 bits per heavy atom. The Balaban J connectivity index is 0. The third-order valence-electron chi connectivity index (χ3n) is 2.16. The van der Waals surface area contributed by atoms with Gasteiger partial charge in [-0.3, -0.25) is 0 Å². The summed E-state index contributed by atoms with van der Waals surface area (Å²) in [6, 6.07) is 0. The fraction of sp³-hybridized carbons (Fsp3) is 0.900. The van der Waals surface area contributed by atoms with Crippen LogP contribution in [-0.4, -0.2) is 0 Å². The second kappa shape index (κ2) is 11.1. The predicted molar refractivity (Wildman–Crippen MR) is 47.9 cm³/mol. The molecule has 0 heterocycles. The van der Waals surface area contributed by atoms with Crippen molar-refractivity contribution in [1.82, 2.24) is 0 Å². The minimum Gasteiger partial charge on any atom is -0.343 e. The first-order chi connectivity index (χ1) is 4.85. The van der Waals surface area contributed by atoms with Gasteiger partial charge in [-0.05, 0) is 5.92 Å². The molecule has 0 fully saturated rings. The average Bonchev–Trinajstić information content (AvgIpc) is 1.98. The standard InChI is InChI=1S/C10H21.Y/c1-4-7-9-10(6-3)8-5-2;/h10H,2,4-9H2,1,3H3;/q-1;+3. The van der Waals surface area contributed by atoms with Crippen molar-refractivity contribution < 1.29 is 32.7 Å². The molecule has 11 heavy (non-hydrogen) atoms. The van der Waals surface area contributed by atoms with E-state index < -0.39 is 0 Å². The number of rotatable bonds is 6. The summed E-state index contributed by atoms with van der Waals surface area (Å²) in [7, 11) is 0. The van der Waals surface area contributed by atoms with Gasteiger partial charge in [0.05, 0.1) is 0 Å². The monoisotopic (exact) mass is 230 g/mol. The first-order valence-corrected chi connectivity index (χ1v) is 4.64. The van der Waals surface area contributed by atoms with Crippen LogP contribution in [0.15, 0.2) is 0 Å². The van der Waals surface area contributed by atoms with E-state index in [-0.39, 0.29) is 32.7 Å². The number of hydrogen-bond donors (Lipinski definition) is 0. The van der Waals surface area contributed by atoms with Gasteiger partial charge in [-0.2, -0.15) is 6.42 Å². The molecule has 0 aliphatic carbocycles. The predicted octanol–water partition coefficient (Wildman–Crippen LogP) is 3.81. The van der Waals surface area contributed by atoms with Crippen LogP contribution in [0.1, 0.15) is 52.4 Å². The largest absolute Gasteiger partial charge is 3.00 e. The van der Waals surface area contributed by atoms with Crippen molar-refractivity contribution in [3.05, 3.63) is 6.92 Å². The zero-order valence-corrected chi connectivity index (χ0v) is 10.9. The van der Waals surface area contributed by atoms with Gasteiger partial charge in [0.15, 0.2) is 0 Å². The van der Waals surface area contributed by atoms with Crippen LogP contribution in [0, 0.1) is 12.8 Å². The second-order valence-electron chi connectivity index (χ2n) is 3.06. The van der Waals surface area contributed by atoms with Gasteiger partial charge in [-0.25, -0.2) is 0 Å². The van der Waals surface area contributed by atoms with Crippen molar-refractivity contribution in [3.63, 3.8) is 0 Å². The fourth-order valence-corrected chi connectivity index (χ4v) is 1.33. The molecule has 1 atom stereocenters. The topological polar surface area (TPSA) is 0 Å². The molecule has 0 aromatic heterocycles. The van der Waals surface area contributed by atoms with E-state index in [1.165, 1.54) is 32.1 Å². The van der Waals surface area contributed by atoms with E-state index in [0.29, 0.717) is 0 Å². The van der Waals surface area contributed by atoms with Crippen LogP contribution in [0.25, 0.3) is 0 Å². The average molecular weight is 230 g/mol. The van der Waals surface area contributed by atoms with Crippen LogP contribution >= 0.6 is 0 Å². The van der Waals surface area contributed by atoms with Gasteiger partial charge < -0.3 is 6.92 Å². The van der Waals surface area contributed by atoms with Crippen LogP contribution in [-0.2, 0) is 32.7 Å². The van der Waals surface area contributed by atoms with Crippen molar-refractivity contribution in [2.45, 2.75) is 52.4 Å². The van der Waals surface area contributed by atoms with Crippen LogP contribution in [0.2, 0.25) is 0 Å². The third-order valence-corrected chi connectivity index (χ3v) is 2.16. The van der Waals surface area contributed by atoms with E-state index in [1.54, 1.807) is 0 Å². The molecule has 62 valence electrons. The van der Waals surface area contributed by atoms with Gasteiger partial charge in [0.25, 0.3) is 0 Å². The fourth-order valence-electron chi connectivity index (χ4n) is 1.33. The molecular formula is C10H21Y+2. The Bertz CT molecular complexity index is 61.9. The molecular weight excluding hydrogens is 209 g/mol. The Hall–Kier alpha value is 1.10. The van der Waals surface area contributed by atoms with Crippen LogP contribution in [0.5, 0.6) is 0 Å². The minimum atomic E-state index is 0. The summed E-state index contributed by atoms with van der Waals surface area (Å²) in [6.45, 7) is 8.43. The summed E-state index contributed by atoms with van der Waals surface area (Å²) in [6.07, 6.45) is 7.95. The van der Waals surface area contributed by atoms with Gasteiger partial charge >= 0.3 is 32.7 Å². The smallest absolute Gasteiger partial charge is 0.343 e. The Morgan fingerprint density at radius 1 is 1.18 bits per heavy atom. The molecule has 0 aromatic rings. The third kappa shape index (κ3) is 9.01. The van der Waals surface area contributed by atoms with Gasteiger partial charge in [-0.15, -0.1) is 0 Å². The van der Waals surface area contributed by atoms with E-state index in [2.05, 4.69) is 20.8 Å². The summed E-state index contributed by atoms with van der Waals surface area (Å²) in [4.78, 5) is 0. The molecule has 1 heteroatoms. The SMILES string of the molecule is [CH2-]CCC(CC)CCCC.[Y+3]. The summed E-state index contributed by atoms with van der Waals surface area (Å²) in [5.74, 6) is 0.956. The van der Waals surface area contributed by atoms with Crippen molar-refractivity contribution in [2.75, 3.05) is 0 Å². The zero-order valence-electron chi connectivity index (χ0n) is 8.10. The summed E-state index contributed by atoms with van der Waals surface area (Å²) in [5.41, 5.74) is 0. The van der Waals surface area contributed by atoms with Crippen LogP contribution in [0.3, 0.4) is 0 Å². The first kappa shape index (κ1) is 14.6. The maximum atomic E-state index is 3.88. The van der Waals surface area contributed by atoms with Gasteiger partial charge in [0.1, 0.15) is 0 Å². The Morgan fingerprint density at radius 2 is 1.82 bits per heavy atom. The molecule has 0 bridgehead atoms. The molecule has 0 saturated heterocycles. The van der Waals surface area contributed by atoms with E-state index in [9.17, 15) is 0 Å². The number of unbranched alkanes of at least 4 members (excludes halogenated alkanes) is 1. The molecule has 0 aliphatic heterocycles. The first-order valence-electron chi connectivity index (χ1n) is 4.64. The van der Waals surface area contributed by atoms with Gasteiger partial charge in [-0.1, -0.05) is 46.0 Å². The van der Waals surface area contributed by atoms with Gasteiger partial charge in [0.2, 0.25) is 0 Å². The van der Waals surface area contributed by atoms with E-state index >= 15 is 0 Å². The van der Waals surface area contributed by atoms with Crippen molar-refractivity contribution >= 4 is 0 Å². The molecule has 0 N–H and O–H groups in total. The molecule has 1 unspecified atom stereocenters. The molecule has 0 nitrogen and oxygen atoms in total. The van der Waals surface area contributed by atoms with Crippen molar-refractivity contribution in [2.24, 2.45) is 5.92 Å². The van der Waals surface area contributed by atoms with E-state index in [4.69, 9.17) is 0 Å². The quantitative estimate of drug-likeness (QED) is 0.608. The van der Waals surface area contributed by atoms with Crippen molar-refractivity contribution in [3.8, 4) is 0 Å². The van der Waals surface area contributed by atoms with E-state index in [0.717, 1.165) is 12.3 Å². The summed E-state index contributed by atoms with van der Waals surface area (Å²) in [5, 5.41) is 0. The molecule has 0 aromatic carbocycles. The zero-order chi connectivity index (χ0) is 7.82. The normalized spacial score (nSPS) is 12.3. The Labute approximate surface area is 97.4 Å². The summed E-state index contributed by atoms with van der Waals surface area (Å²) < 4.78 is 0. The van der Waals surface area contributed by atoms with Crippen LogP contribution in [0.4, 0.5) is 0 Å². The minimum absolute atomic E-state index is 0. The van der Waals surface area contributed by atoms with E-state index in [1.807, 2.05) is 0 Å². The molecule has 0 spiro atoms. The maximum absolute atomic E-state index is 3.88. The maximum Gasteiger partial charge on any atom is 3.00 e. The molecule has 0 radical (unpaired) electrons. The molecule has 0 rings (SSSR count). The second-order valence-corrected chi connectivity index (χ2v) is 3.06. The number of hydrogen-bond acceptors (Lipinski definition) is 0. The van der Waals surface area contributed by atoms with Gasteiger partial charge in [0, 0.05) is 0 Å².